The van der Waals surface area contributed by atoms with Gasteiger partial charge in [-0.2, -0.15) is 47.9 Å². The molecule has 0 radical (unpaired) electrons. The maximum atomic E-state index is 12.4. The summed E-state index contributed by atoms with van der Waals surface area (Å²) in [6.45, 7) is 39.4. The molecule has 0 aromatic rings. The fraction of sp³-hybridized carbons (Fsp3) is 0.823. The Morgan fingerprint density at radius 2 is 0.565 bits per heavy atom. The predicted molar refractivity (Wildman–Crippen MR) is 333 cm³/mol. The Kier molecular flexibility index (Phi) is 53.4. The van der Waals surface area contributed by atoms with Crippen molar-refractivity contribution in [2.24, 2.45) is 16.2 Å². The van der Waals surface area contributed by atoms with E-state index < -0.39 is 40.8 Å². The molecule has 30 heteroatoms. The molecule has 0 aliphatic carbocycles. The van der Waals surface area contributed by atoms with Crippen molar-refractivity contribution in [3.63, 3.8) is 0 Å². The third-order valence-corrected chi connectivity index (χ3v) is 15.7. The first-order chi connectivity index (χ1) is 42.9. The highest BCUT2D eigenvalue weighted by Crippen LogP contribution is 2.22. The number of hydrogen-bond donors (Lipinski definition) is 3. The molecule has 3 N–H and O–H groups in total. The number of hydrogen-bond acceptors (Lipinski definition) is 27. The molecule has 4 aliphatic rings. The van der Waals surface area contributed by atoms with Crippen molar-refractivity contribution in [1.82, 2.24) is 53.9 Å². The Morgan fingerprint density at radius 1 is 0.326 bits per heavy atom. The SMILES string of the molecule is CN1CCCN2CCN(CCCN(C(CCC(=O)C(C)(C)C)C(=O)O)CC2)CC1.CN1CCN(C)CCN(C(CCC(=O)C(C)(C)C)C(=O)O)CC1.CN1CCN(C)CCN(CC(=O)C(C)(C)C)CCN(CC(=O)O)CC1.O=C=O.O=C=O.O=C=O.O=C=O.O=C=O. The maximum absolute atomic E-state index is 12.4. The van der Waals surface area contributed by atoms with Gasteiger partial charge in [0.25, 0.3) is 0 Å². The Hall–Kier alpha value is -6.12. The van der Waals surface area contributed by atoms with Crippen LogP contribution in [0.2, 0.25) is 0 Å². The second kappa shape index (κ2) is 53.3. The highest BCUT2D eigenvalue weighted by atomic mass is 16.4. The Bertz CT molecular complexity index is 2180. The van der Waals surface area contributed by atoms with Crippen LogP contribution in [0.25, 0.3) is 0 Å². The van der Waals surface area contributed by atoms with Gasteiger partial charge in [-0.15, -0.1) is 0 Å². The average Bonchev–Trinajstić information content (AvgIpc) is 1.28. The molecule has 2 bridgehead atoms. The van der Waals surface area contributed by atoms with Crippen molar-refractivity contribution < 1.29 is 92.0 Å². The highest BCUT2D eigenvalue weighted by Gasteiger charge is 2.32. The van der Waals surface area contributed by atoms with Crippen molar-refractivity contribution in [1.29, 1.82) is 0 Å². The number of rotatable bonds is 14. The zero-order valence-electron chi connectivity index (χ0n) is 57.6. The van der Waals surface area contributed by atoms with Crippen LogP contribution in [0.4, 0.5) is 0 Å². The maximum Gasteiger partial charge on any atom is 0.373 e. The number of carboxylic acids is 3. The third kappa shape index (κ3) is 49.5. The van der Waals surface area contributed by atoms with Crippen molar-refractivity contribution in [2.75, 3.05) is 205 Å². The number of likely N-dealkylation sites (N-methyl/N-ethyl adjacent to an activating group) is 5. The lowest BCUT2D eigenvalue weighted by atomic mass is 9.87. The number of ketones is 3. The lowest BCUT2D eigenvalue weighted by Gasteiger charge is -2.36. The van der Waals surface area contributed by atoms with E-state index in [1.165, 1.54) is 0 Å². The van der Waals surface area contributed by atoms with Gasteiger partial charge in [-0.3, -0.25) is 48.4 Å². The summed E-state index contributed by atoms with van der Waals surface area (Å²) in [5.74, 6) is -1.92. The van der Waals surface area contributed by atoms with Crippen LogP contribution in [0.3, 0.4) is 0 Å². The van der Waals surface area contributed by atoms with Crippen LogP contribution in [-0.4, -0.2) is 353 Å². The van der Waals surface area contributed by atoms with E-state index in [0.29, 0.717) is 45.3 Å². The molecule has 30 nitrogen and oxygen atoms in total. The van der Waals surface area contributed by atoms with E-state index in [0.717, 1.165) is 157 Å². The molecule has 4 rings (SSSR count). The van der Waals surface area contributed by atoms with Crippen molar-refractivity contribution >= 4 is 66.0 Å². The third-order valence-electron chi connectivity index (χ3n) is 15.7. The quantitative estimate of drug-likeness (QED) is 0.202. The van der Waals surface area contributed by atoms with E-state index in [-0.39, 0.29) is 60.1 Å². The summed E-state index contributed by atoms with van der Waals surface area (Å²) in [6, 6.07) is -1.16. The first-order valence-electron chi connectivity index (χ1n) is 31.0. The van der Waals surface area contributed by atoms with Crippen LogP contribution in [0, 0.1) is 16.2 Å². The summed E-state index contributed by atoms with van der Waals surface area (Å²) in [7, 11) is 10.5. The molecule has 92 heavy (non-hydrogen) atoms. The average molecular weight is 1310 g/mol. The van der Waals surface area contributed by atoms with Gasteiger partial charge in [-0.25, -0.2) is 0 Å². The van der Waals surface area contributed by atoms with Crippen LogP contribution < -0.4 is 0 Å². The smallest absolute Gasteiger partial charge is 0.373 e. The lowest BCUT2D eigenvalue weighted by Crippen LogP contribution is -2.50. The van der Waals surface area contributed by atoms with Crippen molar-refractivity contribution in [2.45, 2.75) is 113 Å². The van der Waals surface area contributed by atoms with E-state index in [1.807, 2.05) is 72.1 Å². The number of nitrogens with zero attached hydrogens (tertiary/aromatic N) is 11. The minimum absolute atomic E-state index is 0.0504. The molecule has 528 valence electrons. The molecule has 4 saturated heterocycles. The molecule has 4 aliphatic heterocycles. The molecular formula is C62H111N11O19. The molecule has 4 fully saturated rings. The Balaban J connectivity index is -0.000000570. The molecule has 4 heterocycles. The molecule has 0 aromatic heterocycles. The monoisotopic (exact) mass is 1310 g/mol. The van der Waals surface area contributed by atoms with Gasteiger partial charge in [-0.1, -0.05) is 62.3 Å². The summed E-state index contributed by atoms with van der Waals surface area (Å²) in [6.07, 6.45) is 4.82. The van der Waals surface area contributed by atoms with Gasteiger partial charge in [-0.05, 0) is 80.6 Å². The van der Waals surface area contributed by atoms with Crippen molar-refractivity contribution in [3.8, 4) is 0 Å². The molecule has 0 amide bonds. The van der Waals surface area contributed by atoms with Gasteiger partial charge >= 0.3 is 48.7 Å². The zero-order chi connectivity index (χ0) is 71.6. The predicted octanol–water partition coefficient (Wildman–Crippen LogP) is -0.256. The van der Waals surface area contributed by atoms with Gasteiger partial charge in [0.05, 0.1) is 13.1 Å². The van der Waals surface area contributed by atoms with Gasteiger partial charge in [0, 0.05) is 167 Å². The summed E-state index contributed by atoms with van der Waals surface area (Å²) in [5, 5.41) is 28.7. The van der Waals surface area contributed by atoms with Crippen molar-refractivity contribution in [3.05, 3.63) is 0 Å². The summed E-state index contributed by atoms with van der Waals surface area (Å²) < 4.78 is 0. The fourth-order valence-electron chi connectivity index (χ4n) is 9.57. The fourth-order valence-corrected chi connectivity index (χ4v) is 9.57. The minimum atomic E-state index is -0.823. The number of Topliss-reactive ketones (excluding diaryl/α,β-unsaturated/α-hetero) is 3. The molecule has 0 aromatic carbocycles. The van der Waals surface area contributed by atoms with E-state index in [1.54, 1.807) is 0 Å². The van der Waals surface area contributed by atoms with E-state index in [9.17, 15) is 39.0 Å². The highest BCUT2D eigenvalue weighted by molar-refractivity contribution is 5.86. The van der Waals surface area contributed by atoms with Gasteiger partial charge < -0.3 is 49.6 Å². The second-order valence-electron chi connectivity index (χ2n) is 26.1. The first-order valence-corrected chi connectivity index (χ1v) is 31.0. The minimum Gasteiger partial charge on any atom is -0.480 e. The topological polar surface area (TPSA) is 369 Å². The molecular weight excluding hydrogens is 1200 g/mol. The second-order valence-corrected chi connectivity index (χ2v) is 26.1. The lowest BCUT2D eigenvalue weighted by molar-refractivity contribution is -0.193. The van der Waals surface area contributed by atoms with E-state index in [2.05, 4.69) is 79.3 Å². The largest absolute Gasteiger partial charge is 0.480 e. The molecule has 4 unspecified atom stereocenters. The van der Waals surface area contributed by atoms with E-state index in [4.69, 9.17) is 53.1 Å². The zero-order valence-corrected chi connectivity index (χ0v) is 57.6. The number of fused-ring (bicyclic) bond motifs is 3. The van der Waals surface area contributed by atoms with Crippen LogP contribution in [-0.2, 0) is 76.7 Å². The van der Waals surface area contributed by atoms with Crippen LogP contribution in [0.15, 0.2) is 0 Å². The van der Waals surface area contributed by atoms with Gasteiger partial charge in [0.1, 0.15) is 23.7 Å². The molecule has 0 saturated carbocycles. The normalized spacial score (nSPS) is 20.2. The number of carboxylic acid groups (broad SMARTS) is 3. The molecule has 4 atom stereocenters. The summed E-state index contributed by atoms with van der Waals surface area (Å²) in [4.78, 5) is 178. The number of carbonyl (C=O) groups excluding carboxylic acids is 13. The summed E-state index contributed by atoms with van der Waals surface area (Å²) in [5.41, 5.74) is -1.16. The Labute approximate surface area is 544 Å². The first kappa shape index (κ1) is 92.3. The van der Waals surface area contributed by atoms with Gasteiger partial charge in [0.15, 0.2) is 5.78 Å². The standard InChI is InChI=1S/C22H42N4O3.C18H36N4O3.C17H33N3O3.5CO2/c1-22(2,3)20(27)8-7-19(21(28)29)26-12-6-11-24-14-13-23(4)9-5-10-25(16-15-24)17-18-26;1-18(2,3)16(23)14-21-10-8-19(4)6-7-20(5)9-11-22(13-12-21)15-17(24)25;1-17(2,3)15(21)7-6-14(16(22)23)20-12-10-18(4)8-9-19(5)11-13-20;5*2-1-3/h19H,5-18H2,1-4H3,(H,28,29);6-15H2,1-5H3,(H,24,25);14H,6-13H2,1-5H3,(H,22,23);;;;;. The van der Waals surface area contributed by atoms with Crippen LogP contribution in [0.5, 0.6) is 0 Å². The van der Waals surface area contributed by atoms with Crippen LogP contribution >= 0.6 is 0 Å². The number of carbonyl (C=O) groups is 6. The summed E-state index contributed by atoms with van der Waals surface area (Å²) >= 11 is 0. The Morgan fingerprint density at radius 3 is 0.891 bits per heavy atom. The number of aliphatic carboxylic acids is 3. The molecule has 0 spiro atoms. The van der Waals surface area contributed by atoms with Gasteiger partial charge in [0.2, 0.25) is 0 Å². The van der Waals surface area contributed by atoms with Crippen LogP contribution in [0.1, 0.15) is 101 Å². The van der Waals surface area contributed by atoms with E-state index >= 15 is 0 Å².